The molecule has 0 radical (unpaired) electrons. The van der Waals surface area contributed by atoms with E-state index in [-0.39, 0.29) is 11.8 Å². The summed E-state index contributed by atoms with van der Waals surface area (Å²) >= 11 is 0. The Bertz CT molecular complexity index is 518. The molecule has 128 valence electrons. The van der Waals surface area contributed by atoms with Crippen LogP contribution in [-0.4, -0.2) is 36.9 Å². The normalized spacial score (nSPS) is 18.6. The number of nitrogens with zero attached hydrogens (tertiary/aromatic N) is 1. The number of piperidine rings is 1. The lowest BCUT2D eigenvalue weighted by Gasteiger charge is -2.32. The minimum atomic E-state index is -4.73. The van der Waals surface area contributed by atoms with E-state index >= 15 is 0 Å². The quantitative estimate of drug-likeness (QED) is 0.890. The van der Waals surface area contributed by atoms with Gasteiger partial charge in [-0.25, -0.2) is 4.79 Å². The molecule has 1 aromatic carbocycles. The zero-order chi connectivity index (χ0) is 16.9. The van der Waals surface area contributed by atoms with Crippen LogP contribution < -0.4 is 15.8 Å². The van der Waals surface area contributed by atoms with Crippen molar-refractivity contribution < 1.29 is 22.7 Å². The molecule has 1 heterocycles. The smallest absolute Gasteiger partial charge is 0.406 e. The van der Waals surface area contributed by atoms with Crippen LogP contribution in [0.5, 0.6) is 5.75 Å². The average molecular weight is 331 g/mol. The molecule has 0 spiro atoms. The van der Waals surface area contributed by atoms with Gasteiger partial charge in [0.25, 0.3) is 0 Å². The number of carbonyl (C=O) groups excluding carboxylic acids is 1. The van der Waals surface area contributed by atoms with Crippen molar-refractivity contribution in [2.45, 2.75) is 25.6 Å². The van der Waals surface area contributed by atoms with Gasteiger partial charge < -0.3 is 20.7 Å². The van der Waals surface area contributed by atoms with Gasteiger partial charge in [0.15, 0.2) is 0 Å². The van der Waals surface area contributed by atoms with Gasteiger partial charge in [0, 0.05) is 18.8 Å². The fraction of sp³-hybridized carbons (Fsp3) is 0.533. The Balaban J connectivity index is 1.89. The minimum absolute atomic E-state index is 0.254. The number of nitrogens with one attached hydrogen (secondary N) is 1. The van der Waals surface area contributed by atoms with E-state index in [0.717, 1.165) is 31.4 Å². The number of ether oxygens (including phenoxy) is 1. The number of likely N-dealkylation sites (tertiary alicyclic amines) is 1. The number of benzene rings is 1. The lowest BCUT2D eigenvalue weighted by molar-refractivity contribution is -0.274. The zero-order valence-electron chi connectivity index (χ0n) is 12.6. The molecule has 0 aromatic heterocycles. The first-order valence-electron chi connectivity index (χ1n) is 7.49. The molecule has 1 fully saturated rings. The van der Waals surface area contributed by atoms with Gasteiger partial charge in [-0.15, -0.1) is 13.2 Å². The lowest BCUT2D eigenvalue weighted by atomic mass is 9.95. The fourth-order valence-electron chi connectivity index (χ4n) is 2.66. The van der Waals surface area contributed by atoms with Gasteiger partial charge in [-0.1, -0.05) is 0 Å². The van der Waals surface area contributed by atoms with Gasteiger partial charge >= 0.3 is 12.4 Å². The van der Waals surface area contributed by atoms with Crippen LogP contribution in [0.2, 0.25) is 0 Å². The van der Waals surface area contributed by atoms with E-state index in [2.05, 4.69) is 10.1 Å². The summed E-state index contributed by atoms with van der Waals surface area (Å²) in [5.41, 5.74) is 5.97. The third-order valence-corrected chi connectivity index (χ3v) is 3.72. The number of anilines is 1. The summed E-state index contributed by atoms with van der Waals surface area (Å²) < 4.78 is 40.0. The Morgan fingerprint density at radius 3 is 2.65 bits per heavy atom. The van der Waals surface area contributed by atoms with Crippen LogP contribution in [0.3, 0.4) is 0 Å². The summed E-state index contributed by atoms with van der Waals surface area (Å²) in [6.07, 6.45) is -1.86. The van der Waals surface area contributed by atoms with E-state index in [9.17, 15) is 18.0 Å². The number of halogens is 3. The second-order valence-electron chi connectivity index (χ2n) is 5.53. The number of amides is 2. The predicted molar refractivity (Wildman–Crippen MR) is 80.1 cm³/mol. The minimum Gasteiger partial charge on any atom is -0.406 e. The molecule has 0 aliphatic carbocycles. The molecule has 8 heteroatoms. The number of rotatable bonds is 4. The summed E-state index contributed by atoms with van der Waals surface area (Å²) in [5.74, 6) is 0.0820. The predicted octanol–water partition coefficient (Wildman–Crippen LogP) is 3.18. The standard InChI is InChI=1S/C15H20F3N3O2/c16-15(17,18)23-13-5-3-12(4-6-13)20-14(22)21-9-1-2-11(10-21)7-8-19/h3-6,11H,1-2,7-10,19H2,(H,20,22). The van der Waals surface area contributed by atoms with E-state index in [0.29, 0.717) is 31.2 Å². The molecule has 0 saturated carbocycles. The van der Waals surface area contributed by atoms with Crippen molar-refractivity contribution in [3.8, 4) is 5.75 Å². The highest BCUT2D eigenvalue weighted by molar-refractivity contribution is 5.89. The molecule has 2 amide bonds. The average Bonchev–Trinajstić information content (AvgIpc) is 2.48. The van der Waals surface area contributed by atoms with E-state index in [1.807, 2.05) is 0 Å². The first-order valence-corrected chi connectivity index (χ1v) is 7.49. The number of hydrogen-bond donors (Lipinski definition) is 2. The summed E-state index contributed by atoms with van der Waals surface area (Å²) in [6, 6.07) is 4.82. The second-order valence-corrected chi connectivity index (χ2v) is 5.53. The summed E-state index contributed by atoms with van der Waals surface area (Å²) in [6.45, 7) is 1.92. The third kappa shape index (κ3) is 5.63. The zero-order valence-corrected chi connectivity index (χ0v) is 12.6. The van der Waals surface area contributed by atoms with Crippen LogP contribution in [0, 0.1) is 5.92 Å². The Hall–Kier alpha value is -1.96. The highest BCUT2D eigenvalue weighted by Crippen LogP contribution is 2.24. The molecule has 1 saturated heterocycles. The topological polar surface area (TPSA) is 67.6 Å². The molecule has 1 unspecified atom stereocenters. The summed E-state index contributed by atoms with van der Waals surface area (Å²) in [5, 5.41) is 2.68. The van der Waals surface area contributed by atoms with Crippen molar-refractivity contribution in [3.05, 3.63) is 24.3 Å². The Morgan fingerprint density at radius 2 is 2.04 bits per heavy atom. The van der Waals surface area contributed by atoms with E-state index < -0.39 is 6.36 Å². The Labute approximate surface area is 132 Å². The molecular weight excluding hydrogens is 311 g/mol. The molecule has 23 heavy (non-hydrogen) atoms. The molecule has 3 N–H and O–H groups in total. The monoisotopic (exact) mass is 331 g/mol. The third-order valence-electron chi connectivity index (χ3n) is 3.72. The molecular formula is C15H20F3N3O2. The summed E-state index contributed by atoms with van der Waals surface area (Å²) in [7, 11) is 0. The molecule has 5 nitrogen and oxygen atoms in total. The Kier molecular flexibility index (Phi) is 5.70. The van der Waals surface area contributed by atoms with Gasteiger partial charge in [0.05, 0.1) is 0 Å². The van der Waals surface area contributed by atoms with Crippen molar-refractivity contribution in [1.82, 2.24) is 4.90 Å². The summed E-state index contributed by atoms with van der Waals surface area (Å²) in [4.78, 5) is 13.9. The number of alkyl halides is 3. The van der Waals surface area contributed by atoms with Gasteiger partial charge in [0.1, 0.15) is 5.75 Å². The van der Waals surface area contributed by atoms with Gasteiger partial charge in [-0.2, -0.15) is 0 Å². The fourth-order valence-corrected chi connectivity index (χ4v) is 2.66. The maximum Gasteiger partial charge on any atom is 0.573 e. The van der Waals surface area contributed by atoms with Crippen molar-refractivity contribution in [2.24, 2.45) is 11.7 Å². The molecule has 1 aromatic rings. The number of hydrogen-bond acceptors (Lipinski definition) is 3. The van der Waals surface area contributed by atoms with Gasteiger partial charge in [-0.3, -0.25) is 0 Å². The van der Waals surface area contributed by atoms with Crippen LogP contribution in [0.15, 0.2) is 24.3 Å². The maximum atomic E-state index is 12.2. The molecule has 1 aliphatic heterocycles. The van der Waals surface area contributed by atoms with E-state index in [4.69, 9.17) is 5.73 Å². The largest absolute Gasteiger partial charge is 0.573 e. The second kappa shape index (κ2) is 7.54. The first kappa shape index (κ1) is 17.4. The van der Waals surface area contributed by atoms with E-state index in [1.165, 1.54) is 12.1 Å². The lowest BCUT2D eigenvalue weighted by Crippen LogP contribution is -2.42. The van der Waals surface area contributed by atoms with Gasteiger partial charge in [-0.05, 0) is 56.0 Å². The molecule has 1 aliphatic rings. The highest BCUT2D eigenvalue weighted by atomic mass is 19.4. The van der Waals surface area contributed by atoms with Crippen molar-refractivity contribution in [2.75, 3.05) is 25.0 Å². The number of urea groups is 1. The molecule has 1 atom stereocenters. The Morgan fingerprint density at radius 1 is 1.35 bits per heavy atom. The van der Waals surface area contributed by atoms with Crippen LogP contribution >= 0.6 is 0 Å². The van der Waals surface area contributed by atoms with Crippen LogP contribution in [-0.2, 0) is 0 Å². The van der Waals surface area contributed by atoms with Crippen molar-refractivity contribution in [1.29, 1.82) is 0 Å². The number of nitrogens with two attached hydrogens (primary N) is 1. The van der Waals surface area contributed by atoms with Gasteiger partial charge in [0.2, 0.25) is 0 Å². The van der Waals surface area contributed by atoms with Crippen molar-refractivity contribution >= 4 is 11.7 Å². The van der Waals surface area contributed by atoms with Crippen LogP contribution in [0.1, 0.15) is 19.3 Å². The first-order chi connectivity index (χ1) is 10.9. The van der Waals surface area contributed by atoms with E-state index in [1.54, 1.807) is 4.90 Å². The SMILES string of the molecule is NCCC1CCCN(C(=O)Nc2ccc(OC(F)(F)F)cc2)C1. The number of carbonyl (C=O) groups is 1. The molecule has 0 bridgehead atoms. The maximum absolute atomic E-state index is 12.2. The van der Waals surface area contributed by atoms with Crippen LogP contribution in [0.25, 0.3) is 0 Å². The van der Waals surface area contributed by atoms with Crippen molar-refractivity contribution in [3.63, 3.8) is 0 Å². The van der Waals surface area contributed by atoms with Crippen LogP contribution in [0.4, 0.5) is 23.7 Å². The highest BCUT2D eigenvalue weighted by Gasteiger charge is 2.31. The molecule has 2 rings (SSSR count).